The number of nitrogens with zero attached hydrogens (tertiary/aromatic N) is 1. The van der Waals surface area contributed by atoms with Crippen LogP contribution in [0.25, 0.3) is 0 Å². The zero-order valence-electron chi connectivity index (χ0n) is 13.3. The van der Waals surface area contributed by atoms with Crippen molar-refractivity contribution in [3.63, 3.8) is 0 Å². The molecule has 0 aromatic heterocycles. The van der Waals surface area contributed by atoms with Gasteiger partial charge in [0.25, 0.3) is 5.91 Å². The summed E-state index contributed by atoms with van der Waals surface area (Å²) in [6.07, 6.45) is 0.760. The number of aryl methyl sites for hydroxylation is 1. The van der Waals surface area contributed by atoms with Crippen LogP contribution in [0.3, 0.4) is 0 Å². The number of carbonyl (C=O) groups excluding carboxylic acids is 1. The van der Waals surface area contributed by atoms with Crippen molar-refractivity contribution in [1.82, 2.24) is 4.90 Å². The molecule has 0 unspecified atom stereocenters. The lowest BCUT2D eigenvalue weighted by atomic mass is 9.93. The van der Waals surface area contributed by atoms with E-state index >= 15 is 0 Å². The molecule has 1 N–H and O–H groups in total. The summed E-state index contributed by atoms with van der Waals surface area (Å²) in [5.41, 5.74) is 2.60. The van der Waals surface area contributed by atoms with Crippen LogP contribution in [0.5, 0.6) is 0 Å². The van der Waals surface area contributed by atoms with E-state index in [1.165, 1.54) is 0 Å². The van der Waals surface area contributed by atoms with Crippen LogP contribution in [0.2, 0.25) is 5.02 Å². The maximum Gasteiger partial charge on any atom is 0.335 e. The average molecular weight is 344 g/mol. The summed E-state index contributed by atoms with van der Waals surface area (Å²) < 4.78 is 0. The van der Waals surface area contributed by atoms with Crippen molar-refractivity contribution in [2.75, 3.05) is 13.1 Å². The molecule has 1 aliphatic rings. The lowest BCUT2D eigenvalue weighted by molar-refractivity contribution is 0.0695. The average Bonchev–Trinajstić information content (AvgIpc) is 3.06. The fourth-order valence-electron chi connectivity index (χ4n) is 3.24. The zero-order valence-corrected chi connectivity index (χ0v) is 14.1. The topological polar surface area (TPSA) is 57.6 Å². The lowest BCUT2D eigenvalue weighted by Gasteiger charge is -2.19. The Morgan fingerprint density at radius 2 is 1.92 bits per heavy atom. The largest absolute Gasteiger partial charge is 0.478 e. The highest BCUT2D eigenvalue weighted by Gasteiger charge is 2.30. The Labute approximate surface area is 145 Å². The second-order valence-corrected chi connectivity index (χ2v) is 6.52. The van der Waals surface area contributed by atoms with Crippen LogP contribution >= 0.6 is 11.6 Å². The second-order valence-electron chi connectivity index (χ2n) is 6.09. The first-order valence-corrected chi connectivity index (χ1v) is 8.23. The molecule has 1 amide bonds. The van der Waals surface area contributed by atoms with Crippen molar-refractivity contribution in [2.45, 2.75) is 19.3 Å². The molecule has 3 rings (SSSR count). The zero-order chi connectivity index (χ0) is 17.3. The molecule has 2 aromatic carbocycles. The molecule has 2 aromatic rings. The minimum atomic E-state index is -0.930. The number of amides is 1. The Morgan fingerprint density at radius 3 is 2.67 bits per heavy atom. The van der Waals surface area contributed by atoms with Crippen molar-refractivity contribution in [3.8, 4) is 0 Å². The van der Waals surface area contributed by atoms with E-state index in [-0.39, 0.29) is 11.8 Å². The molecule has 0 bridgehead atoms. The van der Waals surface area contributed by atoms with Gasteiger partial charge in [-0.1, -0.05) is 35.9 Å². The number of carbonyl (C=O) groups is 2. The summed E-state index contributed by atoms with van der Waals surface area (Å²) in [6, 6.07) is 12.3. The predicted molar refractivity (Wildman–Crippen MR) is 92.9 cm³/mol. The molecule has 124 valence electrons. The van der Waals surface area contributed by atoms with Crippen molar-refractivity contribution < 1.29 is 14.7 Å². The number of likely N-dealkylation sites (tertiary alicyclic amines) is 1. The number of carboxylic acids is 1. The molecular weight excluding hydrogens is 326 g/mol. The summed E-state index contributed by atoms with van der Waals surface area (Å²) >= 11 is 6.01. The van der Waals surface area contributed by atoms with Crippen molar-refractivity contribution in [3.05, 3.63) is 69.7 Å². The highest BCUT2D eigenvalue weighted by atomic mass is 35.5. The molecule has 0 saturated carbocycles. The van der Waals surface area contributed by atoms with Gasteiger partial charge in [0.15, 0.2) is 0 Å². The number of rotatable bonds is 3. The van der Waals surface area contributed by atoms with Gasteiger partial charge in [0.1, 0.15) is 0 Å². The Balaban J connectivity index is 1.82. The number of carboxylic acid groups (broad SMARTS) is 1. The number of halogens is 1. The van der Waals surface area contributed by atoms with Gasteiger partial charge in [0.2, 0.25) is 0 Å². The lowest BCUT2D eigenvalue weighted by Crippen LogP contribution is -2.29. The van der Waals surface area contributed by atoms with E-state index in [0.29, 0.717) is 29.2 Å². The number of hydrogen-bond donors (Lipinski definition) is 1. The molecule has 1 heterocycles. The van der Waals surface area contributed by atoms with Gasteiger partial charge in [-0.2, -0.15) is 0 Å². The quantitative estimate of drug-likeness (QED) is 0.917. The minimum absolute atomic E-state index is 0.0424. The van der Waals surface area contributed by atoms with Crippen molar-refractivity contribution in [1.29, 1.82) is 0 Å². The van der Waals surface area contributed by atoms with Gasteiger partial charge >= 0.3 is 5.97 Å². The van der Waals surface area contributed by atoms with Gasteiger partial charge in [-0.15, -0.1) is 0 Å². The third-order valence-electron chi connectivity index (χ3n) is 4.54. The van der Waals surface area contributed by atoms with Crippen LogP contribution in [-0.2, 0) is 0 Å². The summed E-state index contributed by atoms with van der Waals surface area (Å²) in [5, 5.41) is 9.89. The SMILES string of the molecule is Cc1ccc(Cl)cc1C(=O)N1CC[C@H](c2ccccc2C(=O)O)C1. The molecule has 24 heavy (non-hydrogen) atoms. The van der Waals surface area contributed by atoms with Gasteiger partial charge < -0.3 is 10.0 Å². The van der Waals surface area contributed by atoms with Crippen molar-refractivity contribution >= 4 is 23.5 Å². The molecule has 1 atom stereocenters. The number of hydrogen-bond acceptors (Lipinski definition) is 2. The summed E-state index contributed by atoms with van der Waals surface area (Å²) in [5.74, 6) is -0.938. The normalized spacial score (nSPS) is 17.1. The molecule has 4 nitrogen and oxygen atoms in total. The Kier molecular flexibility index (Phi) is 4.58. The van der Waals surface area contributed by atoms with Crippen LogP contribution < -0.4 is 0 Å². The van der Waals surface area contributed by atoms with E-state index in [2.05, 4.69) is 0 Å². The third kappa shape index (κ3) is 3.15. The highest BCUT2D eigenvalue weighted by Crippen LogP contribution is 2.31. The molecule has 1 fully saturated rings. The third-order valence-corrected chi connectivity index (χ3v) is 4.77. The second kappa shape index (κ2) is 6.65. The van der Waals surface area contributed by atoms with Gasteiger partial charge in [-0.25, -0.2) is 4.79 Å². The molecule has 0 aliphatic carbocycles. The standard InChI is InChI=1S/C19H18ClNO3/c1-12-6-7-14(20)10-17(12)18(22)21-9-8-13(11-21)15-4-2-3-5-16(15)19(23)24/h2-7,10,13H,8-9,11H2,1H3,(H,23,24)/t13-/m0/s1. The van der Waals surface area contributed by atoms with Gasteiger partial charge in [-0.05, 0) is 42.7 Å². The Morgan fingerprint density at radius 1 is 1.17 bits per heavy atom. The van der Waals surface area contributed by atoms with Crippen LogP contribution in [0.4, 0.5) is 0 Å². The summed E-state index contributed by atoms with van der Waals surface area (Å²) in [6.45, 7) is 3.02. The Bertz CT molecular complexity index is 803. The first kappa shape index (κ1) is 16.5. The molecule has 0 spiro atoms. The predicted octanol–water partition coefficient (Wildman–Crippen LogP) is 3.98. The Hall–Kier alpha value is -2.33. The number of aromatic carboxylic acids is 1. The van der Waals surface area contributed by atoms with Gasteiger partial charge in [0, 0.05) is 29.6 Å². The van der Waals surface area contributed by atoms with Crippen LogP contribution in [0, 0.1) is 6.92 Å². The van der Waals surface area contributed by atoms with E-state index in [1.807, 2.05) is 25.1 Å². The molecule has 1 aliphatic heterocycles. The first-order valence-electron chi connectivity index (χ1n) is 7.85. The minimum Gasteiger partial charge on any atom is -0.478 e. The van der Waals surface area contributed by atoms with Crippen LogP contribution in [0.15, 0.2) is 42.5 Å². The van der Waals surface area contributed by atoms with E-state index < -0.39 is 5.97 Å². The molecule has 5 heteroatoms. The maximum absolute atomic E-state index is 12.8. The van der Waals surface area contributed by atoms with Crippen LogP contribution in [0.1, 0.15) is 44.2 Å². The van der Waals surface area contributed by atoms with Crippen LogP contribution in [-0.4, -0.2) is 35.0 Å². The highest BCUT2D eigenvalue weighted by molar-refractivity contribution is 6.31. The maximum atomic E-state index is 12.8. The molecule has 0 radical (unpaired) electrons. The summed E-state index contributed by atoms with van der Waals surface area (Å²) in [4.78, 5) is 25.9. The van der Waals surface area contributed by atoms with Gasteiger partial charge in [-0.3, -0.25) is 4.79 Å². The first-order chi connectivity index (χ1) is 11.5. The van der Waals surface area contributed by atoms with Crippen molar-refractivity contribution in [2.24, 2.45) is 0 Å². The van der Waals surface area contributed by atoms with E-state index in [9.17, 15) is 14.7 Å². The molecular formula is C19H18ClNO3. The fraction of sp³-hybridized carbons (Fsp3) is 0.263. The molecule has 1 saturated heterocycles. The number of benzene rings is 2. The van der Waals surface area contributed by atoms with Gasteiger partial charge in [0.05, 0.1) is 5.56 Å². The van der Waals surface area contributed by atoms with E-state index in [1.54, 1.807) is 29.2 Å². The monoisotopic (exact) mass is 343 g/mol. The smallest absolute Gasteiger partial charge is 0.335 e. The van der Waals surface area contributed by atoms with E-state index in [0.717, 1.165) is 17.5 Å². The van der Waals surface area contributed by atoms with E-state index in [4.69, 9.17) is 11.6 Å². The summed E-state index contributed by atoms with van der Waals surface area (Å²) in [7, 11) is 0. The fourth-order valence-corrected chi connectivity index (χ4v) is 3.41.